The molecule has 0 aromatic carbocycles. The maximum Gasteiger partial charge on any atom is 0.131 e. The molecule has 0 spiro atoms. The number of Topliss-reactive ketones (excluding diaryl/α,β-unsaturated/α-hetero) is 1. The number of aryl methyl sites for hydroxylation is 1. The van der Waals surface area contributed by atoms with Gasteiger partial charge in [0.05, 0.1) is 5.69 Å². The van der Waals surface area contributed by atoms with Crippen molar-refractivity contribution in [3.8, 4) is 0 Å². The van der Waals surface area contributed by atoms with Gasteiger partial charge in [-0.25, -0.2) is 0 Å². The molecule has 1 aromatic rings. The van der Waals surface area contributed by atoms with Gasteiger partial charge in [-0.3, -0.25) is 14.7 Å². The van der Waals surface area contributed by atoms with Crippen molar-refractivity contribution in [1.29, 1.82) is 0 Å². The van der Waals surface area contributed by atoms with Crippen molar-refractivity contribution in [1.82, 2.24) is 9.88 Å². The first-order chi connectivity index (χ1) is 8.16. The third kappa shape index (κ3) is 3.13. The third-order valence-corrected chi connectivity index (χ3v) is 3.49. The van der Waals surface area contributed by atoms with Gasteiger partial charge in [0.15, 0.2) is 0 Å². The highest BCUT2D eigenvalue weighted by Gasteiger charge is 2.25. The van der Waals surface area contributed by atoms with E-state index in [9.17, 15) is 4.79 Å². The van der Waals surface area contributed by atoms with Gasteiger partial charge in [0.2, 0.25) is 0 Å². The average molecular weight is 232 g/mol. The van der Waals surface area contributed by atoms with Crippen LogP contribution in [0.3, 0.4) is 0 Å². The summed E-state index contributed by atoms with van der Waals surface area (Å²) in [6.07, 6.45) is 4.87. The lowest BCUT2D eigenvalue weighted by Crippen LogP contribution is -2.31. The van der Waals surface area contributed by atoms with Gasteiger partial charge in [-0.05, 0) is 44.9 Å². The molecule has 2 rings (SSSR count). The first-order valence-corrected chi connectivity index (χ1v) is 6.31. The van der Waals surface area contributed by atoms with Gasteiger partial charge >= 0.3 is 0 Å². The number of ketones is 1. The molecule has 1 atom stereocenters. The predicted octanol–water partition coefficient (Wildman–Crippen LogP) is 2.33. The quantitative estimate of drug-likeness (QED) is 0.799. The Morgan fingerprint density at radius 1 is 1.59 bits per heavy atom. The fraction of sp³-hybridized carbons (Fsp3) is 0.571. The molecule has 1 aromatic heterocycles. The Balaban J connectivity index is 2.03. The van der Waals surface area contributed by atoms with Crippen LogP contribution in [0.5, 0.6) is 0 Å². The van der Waals surface area contributed by atoms with Gasteiger partial charge in [-0.15, -0.1) is 0 Å². The van der Waals surface area contributed by atoms with Gasteiger partial charge in [-0.1, -0.05) is 6.07 Å². The topological polar surface area (TPSA) is 33.2 Å². The van der Waals surface area contributed by atoms with Crippen molar-refractivity contribution in [3.63, 3.8) is 0 Å². The number of nitrogens with zero attached hydrogens (tertiary/aromatic N) is 2. The van der Waals surface area contributed by atoms with E-state index in [1.165, 1.54) is 12.0 Å². The molecule has 92 valence electrons. The van der Waals surface area contributed by atoms with Gasteiger partial charge < -0.3 is 0 Å². The Kier molecular flexibility index (Phi) is 3.89. The summed E-state index contributed by atoms with van der Waals surface area (Å²) in [5.74, 6) is 0.291. The zero-order valence-electron chi connectivity index (χ0n) is 10.6. The van der Waals surface area contributed by atoms with Crippen LogP contribution in [-0.2, 0) is 11.3 Å². The van der Waals surface area contributed by atoms with E-state index in [1.807, 2.05) is 12.3 Å². The van der Waals surface area contributed by atoms with Gasteiger partial charge in [-0.2, -0.15) is 0 Å². The molecule has 3 nitrogen and oxygen atoms in total. The first kappa shape index (κ1) is 12.2. The van der Waals surface area contributed by atoms with Crippen LogP contribution in [0.15, 0.2) is 18.3 Å². The molecule has 2 heterocycles. The van der Waals surface area contributed by atoms with E-state index >= 15 is 0 Å². The molecule has 1 unspecified atom stereocenters. The summed E-state index contributed by atoms with van der Waals surface area (Å²) in [5.41, 5.74) is 2.38. The smallest absolute Gasteiger partial charge is 0.131 e. The maximum absolute atomic E-state index is 11.2. The number of pyridine rings is 1. The summed E-state index contributed by atoms with van der Waals surface area (Å²) in [4.78, 5) is 18.1. The van der Waals surface area contributed by atoms with Crippen LogP contribution in [0.2, 0.25) is 0 Å². The van der Waals surface area contributed by atoms with E-state index in [0.29, 0.717) is 18.2 Å². The summed E-state index contributed by atoms with van der Waals surface area (Å²) in [6.45, 7) is 5.75. The van der Waals surface area contributed by atoms with E-state index < -0.39 is 0 Å². The van der Waals surface area contributed by atoms with Crippen molar-refractivity contribution >= 4 is 5.78 Å². The number of aromatic nitrogens is 1. The minimum absolute atomic E-state index is 0.291. The van der Waals surface area contributed by atoms with Gasteiger partial charge in [0.1, 0.15) is 5.78 Å². The molecular formula is C14H20N2O. The van der Waals surface area contributed by atoms with Crippen LogP contribution in [0.4, 0.5) is 0 Å². The second-order valence-corrected chi connectivity index (χ2v) is 4.94. The number of likely N-dealkylation sites (tertiary alicyclic amines) is 1. The lowest BCUT2D eigenvalue weighted by Gasteiger charge is -2.23. The van der Waals surface area contributed by atoms with Crippen molar-refractivity contribution in [2.24, 2.45) is 0 Å². The molecular weight excluding hydrogens is 212 g/mol. The van der Waals surface area contributed by atoms with Crippen LogP contribution < -0.4 is 0 Å². The second-order valence-electron chi connectivity index (χ2n) is 4.94. The Bertz CT molecular complexity index is 403. The van der Waals surface area contributed by atoms with Crippen LogP contribution >= 0.6 is 0 Å². The Morgan fingerprint density at radius 2 is 2.41 bits per heavy atom. The molecule has 0 aliphatic carbocycles. The Hall–Kier alpha value is -1.22. The second kappa shape index (κ2) is 5.41. The summed E-state index contributed by atoms with van der Waals surface area (Å²) in [5, 5.41) is 0. The summed E-state index contributed by atoms with van der Waals surface area (Å²) < 4.78 is 0. The van der Waals surface area contributed by atoms with Crippen LogP contribution in [0.1, 0.15) is 37.4 Å². The van der Waals surface area contributed by atoms with E-state index in [0.717, 1.165) is 25.2 Å². The number of hydrogen-bond donors (Lipinski definition) is 0. The van der Waals surface area contributed by atoms with E-state index in [1.54, 1.807) is 6.92 Å². The van der Waals surface area contributed by atoms with Crippen molar-refractivity contribution in [2.45, 2.75) is 45.7 Å². The van der Waals surface area contributed by atoms with E-state index in [4.69, 9.17) is 0 Å². The zero-order chi connectivity index (χ0) is 12.3. The number of hydrogen-bond acceptors (Lipinski definition) is 3. The van der Waals surface area contributed by atoms with Crippen molar-refractivity contribution < 1.29 is 4.79 Å². The highest BCUT2D eigenvalue weighted by molar-refractivity contribution is 5.76. The minimum Gasteiger partial charge on any atom is -0.300 e. The van der Waals surface area contributed by atoms with Gasteiger partial charge in [0.25, 0.3) is 0 Å². The summed E-state index contributed by atoms with van der Waals surface area (Å²) in [7, 11) is 0. The molecule has 3 heteroatoms. The first-order valence-electron chi connectivity index (χ1n) is 6.31. The molecule has 1 saturated heterocycles. The molecule has 1 fully saturated rings. The van der Waals surface area contributed by atoms with Crippen LogP contribution in [0, 0.1) is 6.92 Å². The van der Waals surface area contributed by atoms with Crippen molar-refractivity contribution in [2.75, 3.05) is 6.54 Å². The largest absolute Gasteiger partial charge is 0.300 e. The molecule has 0 saturated carbocycles. The average Bonchev–Trinajstić information content (AvgIpc) is 2.68. The third-order valence-electron chi connectivity index (χ3n) is 3.49. The monoisotopic (exact) mass is 232 g/mol. The summed E-state index contributed by atoms with van der Waals surface area (Å²) in [6, 6.07) is 4.49. The lowest BCUT2D eigenvalue weighted by molar-refractivity contribution is -0.118. The zero-order valence-corrected chi connectivity index (χ0v) is 10.6. The molecule has 1 aliphatic rings. The molecule has 1 aliphatic heterocycles. The highest BCUT2D eigenvalue weighted by atomic mass is 16.1. The molecule has 0 bridgehead atoms. The number of carbonyl (C=O) groups is 1. The van der Waals surface area contributed by atoms with Crippen LogP contribution in [-0.4, -0.2) is 28.3 Å². The normalized spacial score (nSPS) is 20.7. The van der Waals surface area contributed by atoms with Crippen LogP contribution in [0.25, 0.3) is 0 Å². The summed E-state index contributed by atoms with van der Waals surface area (Å²) >= 11 is 0. The SMILES string of the molecule is CC(=O)CC1CCCN1Cc1ncccc1C. The molecule has 0 radical (unpaired) electrons. The number of rotatable bonds is 4. The van der Waals surface area contributed by atoms with E-state index in [-0.39, 0.29) is 0 Å². The predicted molar refractivity (Wildman–Crippen MR) is 67.7 cm³/mol. The fourth-order valence-corrected chi connectivity index (χ4v) is 2.54. The van der Waals surface area contributed by atoms with Gasteiger partial charge in [0, 0.05) is 25.2 Å². The fourth-order valence-electron chi connectivity index (χ4n) is 2.54. The van der Waals surface area contributed by atoms with Crippen molar-refractivity contribution in [3.05, 3.63) is 29.6 Å². The Morgan fingerprint density at radius 3 is 3.12 bits per heavy atom. The van der Waals surface area contributed by atoms with E-state index in [2.05, 4.69) is 22.9 Å². The molecule has 0 amide bonds. The standard InChI is InChI=1S/C14H20N2O/c1-11-5-3-7-15-14(11)10-16-8-4-6-13(16)9-12(2)17/h3,5,7,13H,4,6,8-10H2,1-2H3. The molecule has 0 N–H and O–H groups in total. The minimum atomic E-state index is 0.291. The highest BCUT2D eigenvalue weighted by Crippen LogP contribution is 2.22. The maximum atomic E-state index is 11.2. The lowest BCUT2D eigenvalue weighted by atomic mass is 10.1. The molecule has 17 heavy (non-hydrogen) atoms. The Labute approximate surface area is 103 Å². The number of carbonyl (C=O) groups excluding carboxylic acids is 1.